The van der Waals surface area contributed by atoms with Crippen LogP contribution in [0, 0.1) is 5.92 Å². The highest BCUT2D eigenvalue weighted by Gasteiger charge is 2.36. The van der Waals surface area contributed by atoms with Crippen molar-refractivity contribution in [2.45, 2.75) is 6.42 Å². The number of hydrogen-bond donors (Lipinski definition) is 0. The first kappa shape index (κ1) is 16.6. The maximum absolute atomic E-state index is 6.24. The molecule has 0 spiro atoms. The molecule has 3 heteroatoms. The maximum atomic E-state index is 6.24. The van der Waals surface area contributed by atoms with Crippen LogP contribution in [0.4, 0.5) is 0 Å². The fraction of sp³-hybridized carbons (Fsp3) is 0.0690. The lowest BCUT2D eigenvalue weighted by molar-refractivity contribution is 0.475. The van der Waals surface area contributed by atoms with Gasteiger partial charge in [0, 0.05) is 11.5 Å². The minimum Gasteiger partial charge on any atom is -0.453 e. The third kappa shape index (κ3) is 1.98. The molecule has 0 amide bonds. The van der Waals surface area contributed by atoms with Crippen molar-refractivity contribution < 1.29 is 4.74 Å². The number of allylic oxidation sites excluding steroid dienone is 14. The van der Waals surface area contributed by atoms with Gasteiger partial charge in [0.25, 0.3) is 0 Å². The molecular formula is C29H18N2O. The van der Waals surface area contributed by atoms with Crippen LogP contribution < -0.4 is 4.74 Å². The van der Waals surface area contributed by atoms with E-state index in [1.165, 1.54) is 33.4 Å². The summed E-state index contributed by atoms with van der Waals surface area (Å²) < 4.78 is 8.54. The highest BCUT2D eigenvalue weighted by Crippen LogP contribution is 2.51. The zero-order valence-electron chi connectivity index (χ0n) is 17.2. The summed E-state index contributed by atoms with van der Waals surface area (Å²) in [4.78, 5) is 5.17. The molecule has 1 aliphatic heterocycles. The van der Waals surface area contributed by atoms with Gasteiger partial charge >= 0.3 is 0 Å². The molecule has 2 heterocycles. The van der Waals surface area contributed by atoms with Crippen molar-refractivity contribution in [3.05, 3.63) is 125 Å². The van der Waals surface area contributed by atoms with Crippen molar-refractivity contribution in [3.8, 4) is 17.2 Å². The van der Waals surface area contributed by atoms with Crippen molar-refractivity contribution in [2.75, 3.05) is 0 Å². The fourth-order valence-electron chi connectivity index (χ4n) is 5.76. The number of ether oxygens (including phenoxy) is 1. The van der Waals surface area contributed by atoms with E-state index in [9.17, 15) is 0 Å². The lowest BCUT2D eigenvalue weighted by atomic mass is 9.67. The number of fused-ring (bicyclic) bond motifs is 2. The van der Waals surface area contributed by atoms with E-state index in [1.54, 1.807) is 0 Å². The first-order chi connectivity index (χ1) is 15.9. The van der Waals surface area contributed by atoms with E-state index in [2.05, 4.69) is 71.4 Å². The average Bonchev–Trinajstić information content (AvgIpc) is 3.24. The standard InChI is InChI=1S/C29H18N2O/c1-2-12-24-23(11-1)31-28-22(10-5-13-25(28)32-24)30-29(31)21-16-19-8-3-6-17-14-15-18-7-4-9-20(21)27(18)26(17)19/h1-7,9-16,27H,8H2. The molecule has 0 fully saturated rings. The summed E-state index contributed by atoms with van der Waals surface area (Å²) in [7, 11) is 0. The quantitative estimate of drug-likeness (QED) is 0.346. The molecule has 5 aliphatic rings. The third-order valence-corrected chi connectivity index (χ3v) is 7.08. The summed E-state index contributed by atoms with van der Waals surface area (Å²) in [5.41, 5.74) is 11.1. The second-order valence-corrected chi connectivity index (χ2v) is 8.77. The molecule has 0 saturated heterocycles. The highest BCUT2D eigenvalue weighted by atomic mass is 16.5. The van der Waals surface area contributed by atoms with Crippen LogP contribution >= 0.6 is 0 Å². The van der Waals surface area contributed by atoms with Crippen LogP contribution in [0.3, 0.4) is 0 Å². The van der Waals surface area contributed by atoms with Crippen molar-refractivity contribution in [1.29, 1.82) is 0 Å². The number of rotatable bonds is 1. The molecule has 8 rings (SSSR count). The smallest absolute Gasteiger partial charge is 0.153 e. The van der Waals surface area contributed by atoms with Crippen LogP contribution in [-0.2, 0) is 0 Å². The minimum atomic E-state index is 0.280. The molecule has 3 aromatic rings. The molecule has 0 N–H and O–H groups in total. The predicted molar refractivity (Wildman–Crippen MR) is 127 cm³/mol. The monoisotopic (exact) mass is 410 g/mol. The van der Waals surface area contributed by atoms with Gasteiger partial charge < -0.3 is 4.74 Å². The Kier molecular flexibility index (Phi) is 2.99. The second kappa shape index (κ2) is 5.77. The van der Waals surface area contributed by atoms with Crippen LogP contribution in [0.1, 0.15) is 12.2 Å². The zero-order valence-corrected chi connectivity index (χ0v) is 17.2. The molecule has 4 aliphatic carbocycles. The largest absolute Gasteiger partial charge is 0.453 e. The lowest BCUT2D eigenvalue weighted by Gasteiger charge is -2.37. The SMILES string of the molecule is C1=CC2=C(c3nc4cccc5c4n3-c3ccccc3O5)C=C3CC=CC4=C3C2C(=C1)C=C4. The van der Waals surface area contributed by atoms with Gasteiger partial charge in [-0.25, -0.2) is 4.98 Å². The van der Waals surface area contributed by atoms with Gasteiger partial charge in [-0.2, -0.15) is 0 Å². The molecule has 3 nitrogen and oxygen atoms in total. The Labute approximate surface area is 185 Å². The first-order valence-corrected chi connectivity index (χ1v) is 11.1. The fourth-order valence-corrected chi connectivity index (χ4v) is 5.76. The lowest BCUT2D eigenvalue weighted by Crippen LogP contribution is -2.23. The van der Waals surface area contributed by atoms with Gasteiger partial charge in [-0.3, -0.25) is 4.57 Å². The summed E-state index contributed by atoms with van der Waals surface area (Å²) >= 11 is 0. The van der Waals surface area contributed by atoms with Crippen molar-refractivity contribution in [2.24, 2.45) is 5.92 Å². The van der Waals surface area contributed by atoms with Crippen LogP contribution in [-0.4, -0.2) is 9.55 Å². The zero-order chi connectivity index (χ0) is 20.8. The Balaban J connectivity index is 1.48. The number of aromatic nitrogens is 2. The van der Waals surface area contributed by atoms with E-state index in [0.717, 1.165) is 40.5 Å². The maximum Gasteiger partial charge on any atom is 0.153 e. The molecule has 0 bridgehead atoms. The molecule has 0 saturated carbocycles. The van der Waals surface area contributed by atoms with Crippen molar-refractivity contribution in [3.63, 3.8) is 0 Å². The van der Waals surface area contributed by atoms with E-state index in [1.807, 2.05) is 24.3 Å². The van der Waals surface area contributed by atoms with Crippen molar-refractivity contribution in [1.82, 2.24) is 9.55 Å². The summed E-state index contributed by atoms with van der Waals surface area (Å²) in [5, 5.41) is 0. The number of para-hydroxylation sites is 3. The topological polar surface area (TPSA) is 27.1 Å². The summed E-state index contributed by atoms with van der Waals surface area (Å²) in [6.45, 7) is 0. The van der Waals surface area contributed by atoms with Crippen LogP contribution in [0.25, 0.3) is 22.3 Å². The van der Waals surface area contributed by atoms with Crippen LogP contribution in [0.5, 0.6) is 11.5 Å². The average molecular weight is 410 g/mol. The Morgan fingerprint density at radius 1 is 0.938 bits per heavy atom. The molecule has 1 unspecified atom stereocenters. The summed E-state index contributed by atoms with van der Waals surface area (Å²) in [5.74, 6) is 2.99. The van der Waals surface area contributed by atoms with Crippen LogP contribution in [0.2, 0.25) is 0 Å². The second-order valence-electron chi connectivity index (χ2n) is 8.77. The van der Waals surface area contributed by atoms with E-state index in [4.69, 9.17) is 9.72 Å². The number of benzene rings is 2. The molecule has 1 atom stereocenters. The minimum absolute atomic E-state index is 0.280. The molecule has 32 heavy (non-hydrogen) atoms. The predicted octanol–water partition coefficient (Wildman–Crippen LogP) is 6.76. The number of hydrogen-bond acceptors (Lipinski definition) is 2. The normalized spacial score (nSPS) is 21.3. The summed E-state index contributed by atoms with van der Waals surface area (Å²) in [6.07, 6.45) is 19.1. The van der Waals surface area contributed by atoms with Gasteiger partial charge in [0.05, 0.1) is 11.2 Å². The number of nitrogens with zero attached hydrogens (tertiary/aromatic N) is 2. The highest BCUT2D eigenvalue weighted by molar-refractivity contribution is 5.93. The van der Waals surface area contributed by atoms with Crippen molar-refractivity contribution >= 4 is 16.6 Å². The first-order valence-electron chi connectivity index (χ1n) is 11.1. The van der Waals surface area contributed by atoms with Gasteiger partial charge in [0.2, 0.25) is 0 Å². The van der Waals surface area contributed by atoms with Gasteiger partial charge in [-0.1, -0.05) is 60.7 Å². The third-order valence-electron chi connectivity index (χ3n) is 7.08. The van der Waals surface area contributed by atoms with E-state index < -0.39 is 0 Å². The van der Waals surface area contributed by atoms with Gasteiger partial charge in [0.15, 0.2) is 11.5 Å². The summed E-state index contributed by atoms with van der Waals surface area (Å²) in [6, 6.07) is 14.4. The molecule has 2 aromatic carbocycles. The Hall–Kier alpha value is -4.11. The van der Waals surface area contributed by atoms with Crippen LogP contribution in [0.15, 0.2) is 119 Å². The van der Waals surface area contributed by atoms with Gasteiger partial charge in [0.1, 0.15) is 11.3 Å². The van der Waals surface area contributed by atoms with E-state index in [0.29, 0.717) is 0 Å². The van der Waals surface area contributed by atoms with Gasteiger partial charge in [-0.15, -0.1) is 0 Å². The molecule has 150 valence electrons. The Morgan fingerprint density at radius 3 is 2.88 bits per heavy atom. The molecular weight excluding hydrogens is 392 g/mol. The molecule has 1 aromatic heterocycles. The molecule has 0 radical (unpaired) electrons. The number of imidazole rings is 1. The Bertz CT molecular complexity index is 1610. The van der Waals surface area contributed by atoms with E-state index in [-0.39, 0.29) is 5.92 Å². The Morgan fingerprint density at radius 2 is 1.88 bits per heavy atom. The van der Waals surface area contributed by atoms with E-state index >= 15 is 0 Å². The van der Waals surface area contributed by atoms with Gasteiger partial charge in [-0.05, 0) is 64.6 Å².